The molecule has 0 aromatic heterocycles. The van der Waals surface area contributed by atoms with Gasteiger partial charge in [-0.3, -0.25) is 0 Å². The van der Waals surface area contributed by atoms with Gasteiger partial charge in [0, 0.05) is 19.8 Å². The van der Waals surface area contributed by atoms with E-state index in [2.05, 4.69) is 9.98 Å². The van der Waals surface area contributed by atoms with E-state index < -0.39 is 18.0 Å². The second-order valence-corrected chi connectivity index (χ2v) is 4.08. The van der Waals surface area contributed by atoms with Gasteiger partial charge in [-0.15, -0.1) is 0 Å². The van der Waals surface area contributed by atoms with Crippen LogP contribution in [0.15, 0.2) is 28.2 Å². The number of rotatable bonds is 4. The van der Waals surface area contributed by atoms with Gasteiger partial charge in [-0.25, -0.2) is 4.99 Å². The molecule has 0 aliphatic carbocycles. The molecule has 22 heavy (non-hydrogen) atoms. The number of hydrogen-bond acceptors (Lipinski definition) is 3. The fourth-order valence-corrected chi connectivity index (χ4v) is 1.70. The first-order valence-electron chi connectivity index (χ1n) is 5.89. The molecule has 0 fully saturated rings. The number of hydrogen-bond donors (Lipinski definition) is 3. The maximum atomic E-state index is 13.2. The number of halogens is 3. The summed E-state index contributed by atoms with van der Waals surface area (Å²) in [6.45, 7) is 0. The molecule has 0 aliphatic rings. The van der Waals surface area contributed by atoms with E-state index in [9.17, 15) is 13.2 Å². The Bertz CT molecular complexity index is 579. The van der Waals surface area contributed by atoms with Gasteiger partial charge in [-0.2, -0.15) is 18.2 Å². The Morgan fingerprint density at radius 3 is 2.18 bits per heavy atom. The highest BCUT2D eigenvalue weighted by Crippen LogP contribution is 2.37. The smallest absolute Gasteiger partial charge is 0.370 e. The monoisotopic (exact) mass is 319 g/mol. The summed E-state index contributed by atoms with van der Waals surface area (Å²) in [5, 5.41) is 0. The Morgan fingerprint density at radius 2 is 1.73 bits per heavy atom. The predicted octanol–water partition coefficient (Wildman–Crippen LogP) is 1.22. The van der Waals surface area contributed by atoms with Crippen molar-refractivity contribution in [3.05, 3.63) is 29.3 Å². The fourth-order valence-electron chi connectivity index (χ4n) is 1.70. The summed E-state index contributed by atoms with van der Waals surface area (Å²) in [6.07, 6.45) is -5.79. The van der Waals surface area contributed by atoms with Gasteiger partial charge in [0.15, 0.2) is 12.2 Å². The lowest BCUT2D eigenvalue weighted by Crippen LogP contribution is -2.26. The molecule has 0 unspecified atom stereocenters. The molecule has 0 atom stereocenters. The van der Waals surface area contributed by atoms with Crippen molar-refractivity contribution in [3.63, 3.8) is 0 Å². The van der Waals surface area contributed by atoms with Crippen molar-refractivity contribution >= 4 is 17.6 Å². The molecule has 0 heterocycles. The Kier molecular flexibility index (Phi) is 5.71. The zero-order chi connectivity index (χ0) is 16.9. The summed E-state index contributed by atoms with van der Waals surface area (Å²) < 4.78 is 49.2. The predicted molar refractivity (Wildman–Crippen MR) is 75.3 cm³/mol. The highest BCUT2D eigenvalue weighted by Gasteiger charge is 2.36. The van der Waals surface area contributed by atoms with E-state index in [-0.39, 0.29) is 23.2 Å². The second-order valence-electron chi connectivity index (χ2n) is 4.08. The Labute approximate surface area is 124 Å². The lowest BCUT2D eigenvalue weighted by molar-refractivity contribution is -0.147. The van der Waals surface area contributed by atoms with Crippen LogP contribution in [0, 0.1) is 0 Å². The topological polar surface area (TPSA) is 121 Å². The first-order chi connectivity index (χ1) is 10.2. The molecule has 0 bridgehead atoms. The molecule has 0 radical (unpaired) electrons. The molecule has 6 N–H and O–H groups in total. The van der Waals surface area contributed by atoms with Crippen molar-refractivity contribution in [2.75, 3.05) is 14.2 Å². The average Bonchev–Trinajstić information content (AvgIpc) is 2.39. The number of guanidine groups is 2. The number of ether oxygens (including phenoxy) is 2. The minimum absolute atomic E-state index is 0.0652. The van der Waals surface area contributed by atoms with E-state index in [1.54, 1.807) is 0 Å². The summed E-state index contributed by atoms with van der Waals surface area (Å²) >= 11 is 0. The van der Waals surface area contributed by atoms with Gasteiger partial charge in [0.1, 0.15) is 0 Å². The maximum Gasteiger partial charge on any atom is 0.416 e. The molecule has 7 nitrogen and oxygen atoms in total. The lowest BCUT2D eigenvalue weighted by Gasteiger charge is -2.19. The van der Waals surface area contributed by atoms with Gasteiger partial charge in [0.25, 0.3) is 0 Å². The van der Waals surface area contributed by atoms with Crippen LogP contribution in [0.1, 0.15) is 17.4 Å². The number of alkyl halides is 3. The lowest BCUT2D eigenvalue weighted by atomic mass is 10.1. The van der Waals surface area contributed by atoms with Gasteiger partial charge in [0.05, 0.1) is 11.3 Å². The number of nitrogens with zero attached hydrogens (tertiary/aromatic N) is 2. The van der Waals surface area contributed by atoms with Gasteiger partial charge in [0.2, 0.25) is 5.96 Å². The Hall–Kier alpha value is -2.33. The normalized spacial score (nSPS) is 12.5. The third-order valence-corrected chi connectivity index (χ3v) is 2.51. The Balaban J connectivity index is 3.35. The summed E-state index contributed by atoms with van der Waals surface area (Å²) in [5.41, 5.74) is 14.4. The number of benzene rings is 1. The minimum Gasteiger partial charge on any atom is -0.370 e. The van der Waals surface area contributed by atoms with Crippen LogP contribution in [0.3, 0.4) is 0 Å². The third kappa shape index (κ3) is 4.60. The van der Waals surface area contributed by atoms with E-state index in [1.807, 2.05) is 0 Å². The average molecular weight is 319 g/mol. The highest BCUT2D eigenvalue weighted by atomic mass is 19.4. The van der Waals surface area contributed by atoms with Crippen molar-refractivity contribution < 1.29 is 22.6 Å². The SMILES string of the molecule is COC(OC)c1ccc(N=C(N)N=C(N)N)cc1C(F)(F)F. The molecule has 0 saturated heterocycles. The molecule has 0 amide bonds. The molecule has 1 rings (SSSR count). The molecule has 1 aromatic rings. The molecular weight excluding hydrogens is 303 g/mol. The summed E-state index contributed by atoms with van der Waals surface area (Å²) in [6, 6.07) is 3.29. The largest absolute Gasteiger partial charge is 0.416 e. The molecule has 0 aliphatic heterocycles. The molecule has 10 heteroatoms. The van der Waals surface area contributed by atoms with Crippen LogP contribution in [-0.2, 0) is 15.7 Å². The first-order valence-corrected chi connectivity index (χ1v) is 5.89. The van der Waals surface area contributed by atoms with Crippen molar-refractivity contribution in [3.8, 4) is 0 Å². The van der Waals surface area contributed by atoms with Crippen LogP contribution in [0.4, 0.5) is 18.9 Å². The van der Waals surface area contributed by atoms with E-state index >= 15 is 0 Å². The van der Waals surface area contributed by atoms with Crippen LogP contribution in [0.25, 0.3) is 0 Å². The van der Waals surface area contributed by atoms with E-state index in [0.29, 0.717) is 0 Å². The van der Waals surface area contributed by atoms with Crippen LogP contribution in [0.5, 0.6) is 0 Å². The molecule has 0 spiro atoms. The van der Waals surface area contributed by atoms with Crippen molar-refractivity contribution in [1.29, 1.82) is 0 Å². The van der Waals surface area contributed by atoms with Crippen LogP contribution in [0.2, 0.25) is 0 Å². The number of methoxy groups -OCH3 is 2. The van der Waals surface area contributed by atoms with E-state index in [4.69, 9.17) is 26.7 Å². The second kappa shape index (κ2) is 7.09. The quantitative estimate of drug-likeness (QED) is 0.437. The van der Waals surface area contributed by atoms with Crippen molar-refractivity contribution in [1.82, 2.24) is 0 Å². The van der Waals surface area contributed by atoms with Crippen molar-refractivity contribution in [2.45, 2.75) is 12.5 Å². The standard InChI is InChI=1S/C12H16F3N5O2/c1-21-9(22-2)7-4-3-6(5-8(7)12(13,14)15)19-11(18)20-10(16)17/h3-5,9H,1-2H3,(H6,16,17,18,19,20). The maximum absolute atomic E-state index is 13.2. The third-order valence-electron chi connectivity index (χ3n) is 2.51. The number of aliphatic imine (C=N–C) groups is 2. The van der Waals surface area contributed by atoms with Crippen LogP contribution in [-0.4, -0.2) is 26.1 Å². The molecule has 0 saturated carbocycles. The highest BCUT2D eigenvalue weighted by molar-refractivity contribution is 5.93. The first kappa shape index (κ1) is 17.7. The zero-order valence-electron chi connectivity index (χ0n) is 11.9. The zero-order valence-corrected chi connectivity index (χ0v) is 11.9. The van der Waals surface area contributed by atoms with Gasteiger partial charge in [-0.1, -0.05) is 6.07 Å². The minimum atomic E-state index is -4.62. The molecule has 1 aromatic carbocycles. The summed E-state index contributed by atoms with van der Waals surface area (Å²) in [5.74, 6) is -0.719. The summed E-state index contributed by atoms with van der Waals surface area (Å²) in [4.78, 5) is 7.11. The van der Waals surface area contributed by atoms with Crippen LogP contribution >= 0.6 is 0 Å². The van der Waals surface area contributed by atoms with E-state index in [1.165, 1.54) is 26.4 Å². The van der Waals surface area contributed by atoms with Gasteiger partial charge < -0.3 is 26.7 Å². The Morgan fingerprint density at radius 1 is 1.14 bits per heavy atom. The van der Waals surface area contributed by atoms with Crippen molar-refractivity contribution in [2.24, 2.45) is 27.2 Å². The summed E-state index contributed by atoms with van der Waals surface area (Å²) in [7, 11) is 2.47. The van der Waals surface area contributed by atoms with E-state index in [0.717, 1.165) is 6.07 Å². The molecule has 122 valence electrons. The van der Waals surface area contributed by atoms with Gasteiger partial charge >= 0.3 is 6.18 Å². The number of nitrogens with two attached hydrogens (primary N) is 3. The van der Waals surface area contributed by atoms with Crippen LogP contribution < -0.4 is 17.2 Å². The molecular formula is C12H16F3N5O2. The fraction of sp³-hybridized carbons (Fsp3) is 0.333. The van der Waals surface area contributed by atoms with Gasteiger partial charge in [-0.05, 0) is 12.1 Å².